The lowest BCUT2D eigenvalue weighted by molar-refractivity contribution is 0.0416. The number of methoxy groups -OCH3 is 4. The normalized spacial score (nSPS) is 27.4. The lowest BCUT2D eigenvalue weighted by atomic mass is 9.81. The molecular formula is C33H31Cl2NO4. The molecule has 2 aliphatic carbocycles. The lowest BCUT2D eigenvalue weighted by Crippen LogP contribution is -2.33. The minimum Gasteiger partial charge on any atom is -0.500 e. The summed E-state index contributed by atoms with van der Waals surface area (Å²) in [5.74, 6) is 0.711. The highest BCUT2D eigenvalue weighted by molar-refractivity contribution is 6.30. The third-order valence-electron chi connectivity index (χ3n) is 7.75. The molecule has 3 aromatic rings. The molecule has 206 valence electrons. The van der Waals surface area contributed by atoms with E-state index >= 15 is 0 Å². The molecule has 2 aromatic carbocycles. The molecule has 0 radical (unpaired) electrons. The lowest BCUT2D eigenvalue weighted by Gasteiger charge is -2.36. The van der Waals surface area contributed by atoms with Crippen LogP contribution in [-0.4, -0.2) is 33.4 Å². The summed E-state index contributed by atoms with van der Waals surface area (Å²) < 4.78 is 23.8. The Morgan fingerprint density at radius 3 is 1.65 bits per heavy atom. The summed E-state index contributed by atoms with van der Waals surface area (Å²) in [6.07, 6.45) is 15.9. The Hall–Kier alpha value is -3.19. The topological polar surface area (TPSA) is 49.8 Å². The zero-order chi connectivity index (χ0) is 28.4. The smallest absolute Gasteiger partial charge is 0.149 e. The number of halogens is 2. The van der Waals surface area contributed by atoms with Gasteiger partial charge in [-0.1, -0.05) is 59.6 Å². The first-order valence-electron chi connectivity index (χ1n) is 12.8. The molecule has 0 N–H and O–H groups in total. The van der Waals surface area contributed by atoms with E-state index in [0.29, 0.717) is 10.0 Å². The Morgan fingerprint density at radius 2 is 1.15 bits per heavy atom. The van der Waals surface area contributed by atoms with Crippen molar-refractivity contribution in [2.75, 3.05) is 28.4 Å². The van der Waals surface area contributed by atoms with Gasteiger partial charge in [0.2, 0.25) is 0 Å². The van der Waals surface area contributed by atoms with Gasteiger partial charge in [-0.15, -0.1) is 0 Å². The van der Waals surface area contributed by atoms with Crippen molar-refractivity contribution in [1.82, 2.24) is 4.98 Å². The molecular weight excluding hydrogens is 545 g/mol. The van der Waals surface area contributed by atoms with Crippen LogP contribution < -0.4 is 0 Å². The molecule has 0 bridgehead atoms. The van der Waals surface area contributed by atoms with Gasteiger partial charge in [0.25, 0.3) is 0 Å². The predicted molar refractivity (Wildman–Crippen MR) is 158 cm³/mol. The Labute approximate surface area is 245 Å². The number of hydrogen-bond donors (Lipinski definition) is 0. The van der Waals surface area contributed by atoms with Crippen molar-refractivity contribution in [1.29, 1.82) is 0 Å². The van der Waals surface area contributed by atoms with E-state index in [0.717, 1.165) is 28.1 Å². The summed E-state index contributed by atoms with van der Waals surface area (Å²) in [6, 6.07) is 19.3. The molecule has 1 aromatic heterocycles. The van der Waals surface area contributed by atoms with Crippen LogP contribution in [0.4, 0.5) is 0 Å². The number of aromatic nitrogens is 1. The van der Waals surface area contributed by atoms with E-state index in [4.69, 9.17) is 47.1 Å². The number of allylic oxidation sites excluding steroid dienone is 1. The summed E-state index contributed by atoms with van der Waals surface area (Å²) in [4.78, 5) is 4.83. The molecule has 5 rings (SSSR count). The highest BCUT2D eigenvalue weighted by Gasteiger charge is 2.38. The third kappa shape index (κ3) is 5.05. The summed E-state index contributed by atoms with van der Waals surface area (Å²) in [5.41, 5.74) is 1.21. The number of ether oxygens (including phenoxy) is 4. The number of benzene rings is 2. The summed E-state index contributed by atoms with van der Waals surface area (Å²) >= 11 is 12.2. The molecule has 5 nitrogen and oxygen atoms in total. The fourth-order valence-corrected chi connectivity index (χ4v) is 5.52. The van der Waals surface area contributed by atoms with Crippen LogP contribution >= 0.6 is 23.2 Å². The maximum Gasteiger partial charge on any atom is 0.149 e. The molecule has 1 heterocycles. The molecule has 7 heteroatoms. The molecule has 0 fully saturated rings. The van der Waals surface area contributed by atoms with Crippen molar-refractivity contribution >= 4 is 23.2 Å². The second kappa shape index (κ2) is 11.4. The second-order valence-electron chi connectivity index (χ2n) is 9.74. The monoisotopic (exact) mass is 575 g/mol. The average molecular weight is 577 g/mol. The maximum absolute atomic E-state index is 6.10. The first kappa shape index (κ1) is 28.3. The molecule has 0 saturated heterocycles. The third-order valence-corrected chi connectivity index (χ3v) is 8.25. The van der Waals surface area contributed by atoms with Gasteiger partial charge in [-0.2, -0.15) is 0 Å². The Morgan fingerprint density at radius 1 is 0.625 bits per heavy atom. The Bertz CT molecular complexity index is 1450. The van der Waals surface area contributed by atoms with Crippen molar-refractivity contribution in [3.63, 3.8) is 0 Å². The average Bonchev–Trinajstić information content (AvgIpc) is 3.01. The number of hydrogen-bond acceptors (Lipinski definition) is 5. The zero-order valence-electron chi connectivity index (χ0n) is 22.8. The molecule has 0 amide bonds. The number of rotatable bonds is 8. The quantitative estimate of drug-likeness (QED) is 0.258. The van der Waals surface area contributed by atoms with Gasteiger partial charge >= 0.3 is 0 Å². The molecule has 40 heavy (non-hydrogen) atoms. The van der Waals surface area contributed by atoms with Gasteiger partial charge < -0.3 is 18.9 Å². The minimum absolute atomic E-state index is 0.0548. The minimum atomic E-state index is -0.884. The van der Waals surface area contributed by atoms with E-state index in [9.17, 15) is 0 Å². The van der Waals surface area contributed by atoms with Crippen molar-refractivity contribution in [2.24, 2.45) is 0 Å². The number of nitrogens with zero attached hydrogens (tertiary/aromatic N) is 1. The van der Waals surface area contributed by atoms with E-state index in [2.05, 4.69) is 6.08 Å². The Kier molecular flexibility index (Phi) is 8.05. The van der Waals surface area contributed by atoms with Gasteiger partial charge in [0, 0.05) is 43.1 Å². The molecule has 1 unspecified atom stereocenters. The van der Waals surface area contributed by atoms with Crippen LogP contribution in [0.2, 0.25) is 10.0 Å². The fourth-order valence-electron chi connectivity index (χ4n) is 5.27. The van der Waals surface area contributed by atoms with Crippen LogP contribution in [0.5, 0.6) is 0 Å². The molecule has 0 saturated carbocycles. The van der Waals surface area contributed by atoms with Gasteiger partial charge in [-0.05, 0) is 77.9 Å². The van der Waals surface area contributed by atoms with E-state index in [1.165, 1.54) is 0 Å². The standard InChI is InChI=1S/C33H31Cl2NO4/c1-37-29-21-33(40-4,16-15-28(29)23-5-10-26(34)11-6-23)30-14-9-25(22-36-30)32(39-3)19-17-31(38-2,18-20-32)24-7-12-27(35)13-8-24/h5-22,28H,1-4H3/t28-,31-,32+,33?/m0/s1. The van der Waals surface area contributed by atoms with E-state index in [-0.39, 0.29) is 5.92 Å². The number of pyridine rings is 1. The summed E-state index contributed by atoms with van der Waals surface area (Å²) in [7, 11) is 6.69. The molecule has 0 spiro atoms. The summed E-state index contributed by atoms with van der Waals surface area (Å²) in [6.45, 7) is 0. The largest absolute Gasteiger partial charge is 0.500 e. The van der Waals surface area contributed by atoms with Crippen molar-refractivity contribution in [3.05, 3.63) is 148 Å². The molecule has 2 aliphatic rings. The van der Waals surface area contributed by atoms with Crippen LogP contribution in [0.25, 0.3) is 0 Å². The van der Waals surface area contributed by atoms with Crippen molar-refractivity contribution in [2.45, 2.75) is 22.7 Å². The van der Waals surface area contributed by atoms with Gasteiger partial charge in [0.05, 0.1) is 18.7 Å². The van der Waals surface area contributed by atoms with Crippen LogP contribution in [0.15, 0.2) is 115 Å². The van der Waals surface area contributed by atoms with Gasteiger partial charge in [0.15, 0.2) is 0 Å². The van der Waals surface area contributed by atoms with E-state index in [1.54, 1.807) is 28.4 Å². The zero-order valence-corrected chi connectivity index (χ0v) is 24.3. The second-order valence-corrected chi connectivity index (χ2v) is 10.6. The van der Waals surface area contributed by atoms with Gasteiger partial charge in [-0.3, -0.25) is 4.98 Å². The Balaban J connectivity index is 1.44. The van der Waals surface area contributed by atoms with Crippen LogP contribution in [-0.2, 0) is 35.8 Å². The van der Waals surface area contributed by atoms with Gasteiger partial charge in [0.1, 0.15) is 22.6 Å². The first-order chi connectivity index (χ1) is 19.3. The van der Waals surface area contributed by atoms with Crippen molar-refractivity contribution < 1.29 is 18.9 Å². The maximum atomic E-state index is 6.10. The van der Waals surface area contributed by atoms with E-state index < -0.39 is 16.8 Å². The van der Waals surface area contributed by atoms with Crippen LogP contribution in [0.3, 0.4) is 0 Å². The van der Waals surface area contributed by atoms with Crippen molar-refractivity contribution in [3.8, 4) is 0 Å². The van der Waals surface area contributed by atoms with Crippen LogP contribution in [0.1, 0.15) is 28.3 Å². The van der Waals surface area contributed by atoms with Gasteiger partial charge in [-0.25, -0.2) is 0 Å². The highest BCUT2D eigenvalue weighted by Crippen LogP contribution is 2.42. The first-order valence-corrected chi connectivity index (χ1v) is 13.6. The van der Waals surface area contributed by atoms with E-state index in [1.807, 2.05) is 103 Å². The summed E-state index contributed by atoms with van der Waals surface area (Å²) in [5, 5.41) is 1.36. The fraction of sp³-hybridized carbons (Fsp3) is 0.242. The molecule has 2 atom stereocenters. The predicted octanol–water partition coefficient (Wildman–Crippen LogP) is 7.62. The highest BCUT2D eigenvalue weighted by atomic mass is 35.5. The SMILES string of the molecule is COC1=CC(OC)(c2ccc([C@]3(OC)C=C[C@](OC)(c4ccc(Cl)cc4)C=C3)cn2)C=C[C@H]1c1ccc(Cl)cc1. The molecule has 0 aliphatic heterocycles. The van der Waals surface area contributed by atoms with Crippen LogP contribution in [0, 0.1) is 0 Å².